The van der Waals surface area contributed by atoms with Crippen molar-refractivity contribution in [3.8, 4) is 10.6 Å². The first-order chi connectivity index (χ1) is 18.9. The number of nitrogens with zero attached hydrogens (tertiary/aromatic N) is 3. The molecule has 1 unspecified atom stereocenters. The molecular formula is C31H28FN3O3S. The molecule has 3 amide bonds. The maximum Gasteiger partial charge on any atom is 0.257 e. The summed E-state index contributed by atoms with van der Waals surface area (Å²) in [5, 5.41) is 0.868. The van der Waals surface area contributed by atoms with Gasteiger partial charge in [0.1, 0.15) is 16.9 Å². The first kappa shape index (κ1) is 25.4. The molecule has 0 spiro atoms. The zero-order valence-corrected chi connectivity index (χ0v) is 22.4. The van der Waals surface area contributed by atoms with Crippen LogP contribution in [0.15, 0.2) is 66.7 Å². The first-order valence-electron chi connectivity index (χ1n) is 13.3. The quantitative estimate of drug-likeness (QED) is 0.270. The number of thiazole rings is 1. The monoisotopic (exact) mass is 541 g/mol. The summed E-state index contributed by atoms with van der Waals surface area (Å²) >= 11 is 1.60. The van der Waals surface area contributed by atoms with E-state index in [4.69, 9.17) is 4.98 Å². The highest BCUT2D eigenvalue weighted by atomic mass is 32.1. The largest absolute Gasteiger partial charge is 0.323 e. The van der Waals surface area contributed by atoms with Gasteiger partial charge in [-0.05, 0) is 86.0 Å². The number of amides is 3. The molecule has 2 aliphatic rings. The number of rotatable bonds is 5. The fourth-order valence-electron chi connectivity index (χ4n) is 5.68. The van der Waals surface area contributed by atoms with Crippen LogP contribution in [0.3, 0.4) is 0 Å². The molecule has 39 heavy (non-hydrogen) atoms. The number of aromatic nitrogens is 1. The van der Waals surface area contributed by atoms with Crippen molar-refractivity contribution in [2.45, 2.75) is 57.5 Å². The van der Waals surface area contributed by atoms with Crippen LogP contribution in [0.25, 0.3) is 20.8 Å². The van der Waals surface area contributed by atoms with Crippen molar-refractivity contribution in [3.63, 3.8) is 0 Å². The van der Waals surface area contributed by atoms with Gasteiger partial charge in [-0.15, -0.1) is 11.3 Å². The Kier molecular flexibility index (Phi) is 6.73. The molecule has 0 bridgehead atoms. The van der Waals surface area contributed by atoms with E-state index < -0.39 is 17.8 Å². The summed E-state index contributed by atoms with van der Waals surface area (Å²) in [6.45, 7) is 2.05. The number of hydrogen-bond acceptors (Lipinski definition) is 5. The van der Waals surface area contributed by atoms with Crippen molar-refractivity contribution < 1.29 is 18.8 Å². The Morgan fingerprint density at radius 3 is 2.41 bits per heavy atom. The molecule has 2 fully saturated rings. The number of aryl methyl sites for hydroxylation is 1. The van der Waals surface area contributed by atoms with E-state index in [1.807, 2.05) is 31.2 Å². The fourth-order valence-corrected chi connectivity index (χ4v) is 6.74. The van der Waals surface area contributed by atoms with E-state index in [0.29, 0.717) is 11.3 Å². The van der Waals surface area contributed by atoms with Crippen molar-refractivity contribution in [2.75, 3.05) is 4.90 Å². The summed E-state index contributed by atoms with van der Waals surface area (Å²) in [6, 6.07) is 17.8. The van der Waals surface area contributed by atoms with E-state index in [9.17, 15) is 18.8 Å². The number of anilines is 1. The van der Waals surface area contributed by atoms with Crippen molar-refractivity contribution in [1.82, 2.24) is 9.88 Å². The molecule has 3 aromatic carbocycles. The SMILES string of the molecule is Cc1ccc2nc(-c3ccc(N4C(=O)CC(N(C(=O)c5ccc(F)cc5)C5CCCCC5)C4=O)cc3)sc2c1. The normalized spacial score (nSPS) is 18.2. The molecule has 8 heteroatoms. The lowest BCUT2D eigenvalue weighted by Crippen LogP contribution is -2.51. The van der Waals surface area contributed by atoms with Gasteiger partial charge in [0, 0.05) is 17.2 Å². The molecule has 2 heterocycles. The number of benzene rings is 3. The van der Waals surface area contributed by atoms with Crippen LogP contribution in [-0.4, -0.2) is 39.7 Å². The Morgan fingerprint density at radius 1 is 0.974 bits per heavy atom. The number of halogens is 1. The number of carbonyl (C=O) groups excluding carboxylic acids is 3. The highest BCUT2D eigenvalue weighted by molar-refractivity contribution is 7.21. The smallest absolute Gasteiger partial charge is 0.257 e. The zero-order valence-electron chi connectivity index (χ0n) is 21.6. The van der Waals surface area contributed by atoms with Gasteiger partial charge in [-0.25, -0.2) is 14.3 Å². The zero-order chi connectivity index (χ0) is 27.1. The minimum absolute atomic E-state index is 0.0682. The van der Waals surface area contributed by atoms with Gasteiger partial charge in [0.05, 0.1) is 22.3 Å². The summed E-state index contributed by atoms with van der Waals surface area (Å²) in [4.78, 5) is 48.1. The molecule has 1 aromatic heterocycles. The van der Waals surface area contributed by atoms with E-state index in [-0.39, 0.29) is 24.3 Å². The second kappa shape index (κ2) is 10.3. The molecule has 1 aliphatic carbocycles. The van der Waals surface area contributed by atoms with Gasteiger partial charge in [-0.1, -0.05) is 25.3 Å². The number of imide groups is 1. The molecule has 1 aliphatic heterocycles. The third kappa shape index (κ3) is 4.85. The second-order valence-electron chi connectivity index (χ2n) is 10.3. The van der Waals surface area contributed by atoms with Gasteiger partial charge in [-0.3, -0.25) is 14.4 Å². The van der Waals surface area contributed by atoms with Crippen molar-refractivity contribution >= 4 is 45.0 Å². The topological polar surface area (TPSA) is 70.6 Å². The lowest BCUT2D eigenvalue weighted by molar-refractivity contribution is -0.123. The van der Waals surface area contributed by atoms with Gasteiger partial charge >= 0.3 is 0 Å². The Morgan fingerprint density at radius 2 is 1.69 bits per heavy atom. The molecule has 6 rings (SSSR count). The lowest BCUT2D eigenvalue weighted by Gasteiger charge is -2.37. The Hall–Kier alpha value is -3.91. The van der Waals surface area contributed by atoms with Crippen LogP contribution in [0.4, 0.5) is 10.1 Å². The van der Waals surface area contributed by atoms with Gasteiger partial charge in [0.25, 0.3) is 11.8 Å². The highest BCUT2D eigenvalue weighted by Gasteiger charge is 2.46. The second-order valence-corrected chi connectivity index (χ2v) is 11.4. The average Bonchev–Trinajstić information content (AvgIpc) is 3.49. The molecule has 6 nitrogen and oxygen atoms in total. The third-order valence-corrected chi connectivity index (χ3v) is 8.74. The van der Waals surface area contributed by atoms with Crippen LogP contribution >= 0.6 is 11.3 Å². The number of carbonyl (C=O) groups is 3. The van der Waals surface area contributed by atoms with Gasteiger partial charge in [0.15, 0.2) is 0 Å². The molecule has 1 saturated heterocycles. The van der Waals surface area contributed by atoms with E-state index >= 15 is 0 Å². The van der Waals surface area contributed by atoms with Crippen LogP contribution in [0.5, 0.6) is 0 Å². The minimum Gasteiger partial charge on any atom is -0.323 e. The van der Waals surface area contributed by atoms with Crippen molar-refractivity contribution in [3.05, 3.63) is 83.7 Å². The van der Waals surface area contributed by atoms with Gasteiger partial charge in [0.2, 0.25) is 5.91 Å². The lowest BCUT2D eigenvalue weighted by atomic mass is 9.92. The molecule has 0 N–H and O–H groups in total. The van der Waals surface area contributed by atoms with E-state index in [0.717, 1.165) is 52.9 Å². The van der Waals surface area contributed by atoms with Crippen LogP contribution in [-0.2, 0) is 9.59 Å². The summed E-state index contributed by atoms with van der Waals surface area (Å²) in [7, 11) is 0. The van der Waals surface area contributed by atoms with Crippen molar-refractivity contribution in [2.24, 2.45) is 0 Å². The molecule has 1 saturated carbocycles. The molecule has 198 valence electrons. The summed E-state index contributed by atoms with van der Waals surface area (Å²) in [5.41, 5.74) is 3.81. The van der Waals surface area contributed by atoms with Crippen LogP contribution < -0.4 is 4.90 Å². The van der Waals surface area contributed by atoms with Crippen LogP contribution in [0.1, 0.15) is 54.4 Å². The van der Waals surface area contributed by atoms with E-state index in [1.54, 1.807) is 28.4 Å². The molecular weight excluding hydrogens is 513 g/mol. The fraction of sp³-hybridized carbons (Fsp3) is 0.290. The minimum atomic E-state index is -0.884. The van der Waals surface area contributed by atoms with E-state index in [1.165, 1.54) is 34.7 Å². The molecule has 1 atom stereocenters. The number of hydrogen-bond donors (Lipinski definition) is 0. The summed E-state index contributed by atoms with van der Waals surface area (Å²) in [5.74, 6) is -1.50. The molecule has 0 radical (unpaired) electrons. The Bertz CT molecular complexity index is 1560. The van der Waals surface area contributed by atoms with Crippen LogP contribution in [0.2, 0.25) is 0 Å². The van der Waals surface area contributed by atoms with Gasteiger partial charge in [-0.2, -0.15) is 0 Å². The van der Waals surface area contributed by atoms with Crippen LogP contribution in [0, 0.1) is 12.7 Å². The molecule has 4 aromatic rings. The predicted octanol–water partition coefficient (Wildman–Crippen LogP) is 6.52. The average molecular weight is 542 g/mol. The predicted molar refractivity (Wildman–Crippen MR) is 150 cm³/mol. The highest BCUT2D eigenvalue weighted by Crippen LogP contribution is 2.35. The maximum absolute atomic E-state index is 13.7. The summed E-state index contributed by atoms with van der Waals surface area (Å²) < 4.78 is 14.6. The third-order valence-electron chi connectivity index (χ3n) is 7.67. The maximum atomic E-state index is 13.7. The first-order valence-corrected chi connectivity index (χ1v) is 14.1. The van der Waals surface area contributed by atoms with Crippen molar-refractivity contribution in [1.29, 1.82) is 0 Å². The Balaban J connectivity index is 1.28. The summed E-state index contributed by atoms with van der Waals surface area (Å²) in [6.07, 6.45) is 4.50. The Labute approximate surface area is 230 Å². The number of fused-ring (bicyclic) bond motifs is 1. The standard InChI is InChI=1S/C31H28FN3O3S/c1-19-7-16-25-27(17-19)39-29(33-25)20-10-14-24(15-11-20)35-28(36)18-26(31(35)38)34(23-5-3-2-4-6-23)30(37)21-8-12-22(32)13-9-21/h7-17,23,26H,2-6,18H2,1H3. The van der Waals surface area contributed by atoms with Gasteiger partial charge < -0.3 is 4.90 Å². The van der Waals surface area contributed by atoms with E-state index in [2.05, 4.69) is 6.07 Å².